The number of nitrogen functional groups attached to an aromatic ring is 1. The Morgan fingerprint density at radius 2 is 1.88 bits per heavy atom. The first-order chi connectivity index (χ1) is 8.08. The number of rotatable bonds is 2. The minimum Gasteiger partial charge on any atom is -0.397 e. The van der Waals surface area contributed by atoms with Gasteiger partial charge in [-0.1, -0.05) is 12.1 Å². The van der Waals surface area contributed by atoms with Gasteiger partial charge in [-0.05, 0) is 42.8 Å². The lowest BCUT2D eigenvalue weighted by Crippen LogP contribution is -2.11. The molecule has 88 valence electrons. The monoisotopic (exact) mass is 230 g/mol. The van der Waals surface area contributed by atoms with Crippen molar-refractivity contribution < 1.29 is 4.39 Å². The van der Waals surface area contributed by atoms with Crippen molar-refractivity contribution in [3.05, 3.63) is 53.8 Å². The molecule has 0 amide bonds. The van der Waals surface area contributed by atoms with Crippen molar-refractivity contribution in [2.75, 3.05) is 17.7 Å². The Morgan fingerprint density at radius 1 is 1.12 bits per heavy atom. The molecule has 0 aliphatic rings. The molecule has 0 atom stereocenters. The molecule has 0 fully saturated rings. The molecule has 2 N–H and O–H groups in total. The molecule has 0 radical (unpaired) electrons. The molecule has 0 saturated heterocycles. The molecule has 2 aromatic rings. The predicted octanol–water partition coefficient (Wildman–Crippen LogP) is 3.48. The molecular formula is C14H15FN2. The number of halogens is 1. The maximum Gasteiger partial charge on any atom is 0.125 e. The van der Waals surface area contributed by atoms with Gasteiger partial charge in [0, 0.05) is 12.7 Å². The second kappa shape index (κ2) is 4.45. The standard InChI is InChI=1S/C14H15FN2/c1-10-6-7-14(13(16)8-10)17(2)12-5-3-4-11(15)9-12/h3-9H,16H2,1-2H3. The van der Waals surface area contributed by atoms with Crippen molar-refractivity contribution in [3.63, 3.8) is 0 Å². The van der Waals surface area contributed by atoms with E-state index in [0.717, 1.165) is 16.9 Å². The van der Waals surface area contributed by atoms with Crippen LogP contribution < -0.4 is 10.6 Å². The van der Waals surface area contributed by atoms with Crippen LogP contribution in [0.25, 0.3) is 0 Å². The quantitative estimate of drug-likeness (QED) is 0.800. The SMILES string of the molecule is Cc1ccc(N(C)c2cccc(F)c2)c(N)c1. The van der Waals surface area contributed by atoms with Crippen molar-refractivity contribution in [1.29, 1.82) is 0 Å². The average Bonchev–Trinajstić information content (AvgIpc) is 2.28. The molecule has 0 aliphatic heterocycles. The van der Waals surface area contributed by atoms with E-state index < -0.39 is 0 Å². The Bertz CT molecular complexity index is 537. The van der Waals surface area contributed by atoms with Crippen molar-refractivity contribution in [3.8, 4) is 0 Å². The second-order valence-electron chi connectivity index (χ2n) is 4.10. The first-order valence-corrected chi connectivity index (χ1v) is 5.43. The zero-order valence-electron chi connectivity index (χ0n) is 9.94. The van der Waals surface area contributed by atoms with Gasteiger partial charge in [0.2, 0.25) is 0 Å². The van der Waals surface area contributed by atoms with Crippen molar-refractivity contribution >= 4 is 17.1 Å². The maximum absolute atomic E-state index is 13.1. The van der Waals surface area contributed by atoms with Crippen LogP contribution in [-0.2, 0) is 0 Å². The van der Waals surface area contributed by atoms with Crippen LogP contribution in [0.5, 0.6) is 0 Å². The molecule has 0 aliphatic carbocycles. The maximum atomic E-state index is 13.1. The van der Waals surface area contributed by atoms with E-state index in [4.69, 9.17) is 5.73 Å². The highest BCUT2D eigenvalue weighted by Gasteiger charge is 2.08. The topological polar surface area (TPSA) is 29.3 Å². The van der Waals surface area contributed by atoms with Gasteiger partial charge in [0.15, 0.2) is 0 Å². The molecule has 2 rings (SSSR count). The Morgan fingerprint density at radius 3 is 2.53 bits per heavy atom. The molecule has 3 heteroatoms. The van der Waals surface area contributed by atoms with E-state index in [9.17, 15) is 4.39 Å². The summed E-state index contributed by atoms with van der Waals surface area (Å²) in [5.74, 6) is -0.250. The van der Waals surface area contributed by atoms with Crippen LogP contribution in [0.1, 0.15) is 5.56 Å². The van der Waals surface area contributed by atoms with E-state index in [-0.39, 0.29) is 5.82 Å². The number of anilines is 3. The lowest BCUT2D eigenvalue weighted by molar-refractivity contribution is 0.628. The van der Waals surface area contributed by atoms with Gasteiger partial charge in [-0.2, -0.15) is 0 Å². The van der Waals surface area contributed by atoms with E-state index in [2.05, 4.69) is 0 Å². The van der Waals surface area contributed by atoms with Crippen LogP contribution >= 0.6 is 0 Å². The van der Waals surface area contributed by atoms with Gasteiger partial charge in [0.1, 0.15) is 5.82 Å². The van der Waals surface area contributed by atoms with Crippen LogP contribution in [0.2, 0.25) is 0 Å². The Labute approximate surface area is 100 Å². The first kappa shape index (κ1) is 11.5. The van der Waals surface area contributed by atoms with E-state index in [1.165, 1.54) is 12.1 Å². The number of hydrogen-bond acceptors (Lipinski definition) is 2. The summed E-state index contributed by atoms with van der Waals surface area (Å²) in [4.78, 5) is 1.87. The molecule has 17 heavy (non-hydrogen) atoms. The van der Waals surface area contributed by atoms with Gasteiger partial charge in [-0.25, -0.2) is 4.39 Å². The van der Waals surface area contributed by atoms with E-state index in [0.29, 0.717) is 5.69 Å². The minimum atomic E-state index is -0.250. The summed E-state index contributed by atoms with van der Waals surface area (Å²) >= 11 is 0. The van der Waals surface area contributed by atoms with Gasteiger partial charge in [-0.15, -0.1) is 0 Å². The fraction of sp³-hybridized carbons (Fsp3) is 0.143. The third-order valence-electron chi connectivity index (χ3n) is 2.74. The van der Waals surface area contributed by atoms with Gasteiger partial charge in [0.25, 0.3) is 0 Å². The molecule has 0 aromatic heterocycles. The summed E-state index contributed by atoms with van der Waals surface area (Å²) in [5.41, 5.74) is 9.42. The molecule has 0 saturated carbocycles. The molecule has 0 spiro atoms. The number of benzene rings is 2. The van der Waals surface area contributed by atoms with Gasteiger partial charge >= 0.3 is 0 Å². The minimum absolute atomic E-state index is 0.250. The van der Waals surface area contributed by atoms with Crippen molar-refractivity contribution in [2.24, 2.45) is 0 Å². The summed E-state index contributed by atoms with van der Waals surface area (Å²) < 4.78 is 13.1. The molecule has 0 unspecified atom stereocenters. The molecular weight excluding hydrogens is 215 g/mol. The van der Waals surface area contributed by atoms with Crippen LogP contribution in [0.3, 0.4) is 0 Å². The third-order valence-corrected chi connectivity index (χ3v) is 2.74. The van der Waals surface area contributed by atoms with Gasteiger partial charge in [-0.3, -0.25) is 0 Å². The summed E-state index contributed by atoms with van der Waals surface area (Å²) in [6, 6.07) is 12.3. The summed E-state index contributed by atoms with van der Waals surface area (Å²) in [5, 5.41) is 0. The largest absolute Gasteiger partial charge is 0.397 e. The summed E-state index contributed by atoms with van der Waals surface area (Å²) in [6.07, 6.45) is 0. The third kappa shape index (κ3) is 2.38. The van der Waals surface area contributed by atoms with Crippen LogP contribution in [-0.4, -0.2) is 7.05 Å². The molecule has 2 aromatic carbocycles. The Hall–Kier alpha value is -2.03. The normalized spacial score (nSPS) is 10.3. The van der Waals surface area contributed by atoms with Gasteiger partial charge in [0.05, 0.1) is 11.4 Å². The number of nitrogens with two attached hydrogens (primary N) is 1. The lowest BCUT2D eigenvalue weighted by Gasteiger charge is -2.21. The summed E-state index contributed by atoms with van der Waals surface area (Å²) in [7, 11) is 1.87. The smallest absolute Gasteiger partial charge is 0.125 e. The molecule has 2 nitrogen and oxygen atoms in total. The number of hydrogen-bond donors (Lipinski definition) is 1. The fourth-order valence-corrected chi connectivity index (χ4v) is 1.80. The highest BCUT2D eigenvalue weighted by molar-refractivity contribution is 5.74. The van der Waals surface area contributed by atoms with E-state index in [1.54, 1.807) is 6.07 Å². The van der Waals surface area contributed by atoms with Crippen LogP contribution in [0.15, 0.2) is 42.5 Å². The zero-order chi connectivity index (χ0) is 12.4. The van der Waals surface area contributed by atoms with Gasteiger partial charge < -0.3 is 10.6 Å². The van der Waals surface area contributed by atoms with Crippen LogP contribution in [0, 0.1) is 12.7 Å². The van der Waals surface area contributed by atoms with E-state index in [1.807, 2.05) is 43.1 Å². The Kier molecular flexibility index (Phi) is 3.00. The van der Waals surface area contributed by atoms with Crippen molar-refractivity contribution in [2.45, 2.75) is 6.92 Å². The molecule has 0 bridgehead atoms. The number of nitrogens with zero attached hydrogens (tertiary/aromatic N) is 1. The van der Waals surface area contributed by atoms with Crippen LogP contribution in [0.4, 0.5) is 21.5 Å². The first-order valence-electron chi connectivity index (χ1n) is 5.43. The number of aryl methyl sites for hydroxylation is 1. The average molecular weight is 230 g/mol. The van der Waals surface area contributed by atoms with E-state index >= 15 is 0 Å². The zero-order valence-corrected chi connectivity index (χ0v) is 9.94. The lowest BCUT2D eigenvalue weighted by atomic mass is 10.1. The summed E-state index contributed by atoms with van der Waals surface area (Å²) in [6.45, 7) is 1.99. The fourth-order valence-electron chi connectivity index (χ4n) is 1.80. The Balaban J connectivity index is 2.40. The van der Waals surface area contributed by atoms with Crippen molar-refractivity contribution in [1.82, 2.24) is 0 Å². The second-order valence-corrected chi connectivity index (χ2v) is 4.10. The highest BCUT2D eigenvalue weighted by atomic mass is 19.1. The predicted molar refractivity (Wildman–Crippen MR) is 70.1 cm³/mol. The highest BCUT2D eigenvalue weighted by Crippen LogP contribution is 2.29. The molecule has 0 heterocycles.